The first-order valence-electron chi connectivity index (χ1n) is 7.29. The van der Waals surface area contributed by atoms with E-state index in [1.54, 1.807) is 12.1 Å². The number of fused-ring (bicyclic) bond motifs is 1. The highest BCUT2D eigenvalue weighted by atomic mass is 19.1. The lowest BCUT2D eigenvalue weighted by atomic mass is 9.98. The molecule has 0 bridgehead atoms. The van der Waals surface area contributed by atoms with Crippen molar-refractivity contribution in [2.24, 2.45) is 0 Å². The van der Waals surface area contributed by atoms with Crippen molar-refractivity contribution in [1.29, 1.82) is 0 Å². The van der Waals surface area contributed by atoms with Crippen LogP contribution in [0.2, 0.25) is 0 Å². The number of halogens is 1. The average Bonchev–Trinajstić information content (AvgIpc) is 2.94. The Kier molecular flexibility index (Phi) is 3.93. The van der Waals surface area contributed by atoms with Crippen LogP contribution >= 0.6 is 0 Å². The summed E-state index contributed by atoms with van der Waals surface area (Å²) in [5.41, 5.74) is 4.48. The van der Waals surface area contributed by atoms with Gasteiger partial charge >= 0.3 is 0 Å². The number of ether oxygens (including phenoxy) is 1. The summed E-state index contributed by atoms with van der Waals surface area (Å²) in [7, 11) is 1.43. The third-order valence-corrected chi connectivity index (χ3v) is 4.15. The summed E-state index contributed by atoms with van der Waals surface area (Å²) in [4.78, 5) is 0. The van der Waals surface area contributed by atoms with Crippen LogP contribution in [0.3, 0.4) is 0 Å². The predicted octanol–water partition coefficient (Wildman–Crippen LogP) is 3.60. The molecule has 21 heavy (non-hydrogen) atoms. The van der Waals surface area contributed by atoms with Gasteiger partial charge in [-0.05, 0) is 53.6 Å². The molecule has 0 radical (unpaired) electrons. The van der Waals surface area contributed by atoms with E-state index in [0.717, 1.165) is 18.4 Å². The van der Waals surface area contributed by atoms with Gasteiger partial charge in [0.05, 0.1) is 13.2 Å². The fourth-order valence-corrected chi connectivity index (χ4v) is 2.98. The smallest absolute Gasteiger partial charge is 0.165 e. The van der Waals surface area contributed by atoms with Crippen LogP contribution in [-0.2, 0) is 19.3 Å². The predicted molar refractivity (Wildman–Crippen MR) is 80.1 cm³/mol. The van der Waals surface area contributed by atoms with E-state index in [0.29, 0.717) is 12.0 Å². The van der Waals surface area contributed by atoms with E-state index in [1.165, 1.54) is 30.7 Å². The summed E-state index contributed by atoms with van der Waals surface area (Å²) in [5.74, 6) is -0.244. The lowest BCUT2D eigenvalue weighted by molar-refractivity contribution is 0.178. The highest BCUT2D eigenvalue weighted by molar-refractivity contribution is 5.36. The van der Waals surface area contributed by atoms with Gasteiger partial charge in [-0.25, -0.2) is 4.39 Å². The van der Waals surface area contributed by atoms with Crippen molar-refractivity contribution in [2.45, 2.75) is 31.8 Å². The molecule has 2 aromatic rings. The Bertz CT molecular complexity index is 652. The van der Waals surface area contributed by atoms with E-state index in [1.807, 2.05) is 0 Å². The topological polar surface area (TPSA) is 29.5 Å². The van der Waals surface area contributed by atoms with Gasteiger partial charge in [-0.2, -0.15) is 0 Å². The Balaban J connectivity index is 1.76. The van der Waals surface area contributed by atoms with Crippen LogP contribution < -0.4 is 4.74 Å². The number of aryl methyl sites for hydroxylation is 2. The molecule has 1 atom stereocenters. The zero-order chi connectivity index (χ0) is 14.8. The number of hydrogen-bond acceptors (Lipinski definition) is 2. The van der Waals surface area contributed by atoms with Gasteiger partial charge in [0.2, 0.25) is 0 Å². The van der Waals surface area contributed by atoms with Crippen molar-refractivity contribution in [3.63, 3.8) is 0 Å². The van der Waals surface area contributed by atoms with Crippen molar-refractivity contribution in [1.82, 2.24) is 0 Å². The minimum Gasteiger partial charge on any atom is -0.494 e. The van der Waals surface area contributed by atoms with E-state index >= 15 is 0 Å². The molecule has 3 heteroatoms. The molecule has 0 heterocycles. The lowest BCUT2D eigenvalue weighted by Crippen LogP contribution is -2.03. The summed E-state index contributed by atoms with van der Waals surface area (Å²) in [6.07, 6.45) is 3.28. The standard InChI is InChI=1S/C18H19FO2/c1-21-18-8-7-15(11-16(18)19)17(20)10-12-5-6-13-3-2-4-14(13)9-12/h5-9,11,17,20H,2-4,10H2,1H3. The van der Waals surface area contributed by atoms with Crippen LogP contribution in [0.25, 0.3) is 0 Å². The largest absolute Gasteiger partial charge is 0.494 e. The average molecular weight is 286 g/mol. The maximum atomic E-state index is 13.7. The molecule has 0 aliphatic heterocycles. The molecule has 3 rings (SSSR count). The van der Waals surface area contributed by atoms with Crippen LogP contribution in [-0.4, -0.2) is 12.2 Å². The summed E-state index contributed by atoms with van der Waals surface area (Å²) in [6, 6.07) is 11.0. The highest BCUT2D eigenvalue weighted by Crippen LogP contribution is 2.27. The monoisotopic (exact) mass is 286 g/mol. The van der Waals surface area contributed by atoms with Crippen molar-refractivity contribution in [2.75, 3.05) is 7.11 Å². The minimum absolute atomic E-state index is 0.198. The number of rotatable bonds is 4. The van der Waals surface area contributed by atoms with E-state index in [-0.39, 0.29) is 5.75 Å². The molecule has 1 aliphatic rings. The Morgan fingerprint density at radius 2 is 1.95 bits per heavy atom. The van der Waals surface area contributed by atoms with Gasteiger partial charge in [-0.3, -0.25) is 0 Å². The number of benzene rings is 2. The fraction of sp³-hybridized carbons (Fsp3) is 0.333. The zero-order valence-corrected chi connectivity index (χ0v) is 12.1. The first kappa shape index (κ1) is 14.1. The maximum absolute atomic E-state index is 13.7. The molecule has 0 saturated carbocycles. The third-order valence-electron chi connectivity index (χ3n) is 4.15. The molecule has 2 nitrogen and oxygen atoms in total. The number of methoxy groups -OCH3 is 1. The molecular weight excluding hydrogens is 267 g/mol. The van der Waals surface area contributed by atoms with Gasteiger partial charge in [-0.1, -0.05) is 24.3 Å². The quantitative estimate of drug-likeness (QED) is 0.930. The minimum atomic E-state index is -0.704. The molecule has 0 saturated heterocycles. The number of aliphatic hydroxyl groups is 1. The maximum Gasteiger partial charge on any atom is 0.165 e. The second-order valence-corrected chi connectivity index (χ2v) is 5.57. The third kappa shape index (κ3) is 2.93. The van der Waals surface area contributed by atoms with Gasteiger partial charge in [0.25, 0.3) is 0 Å². The van der Waals surface area contributed by atoms with Crippen LogP contribution in [0.15, 0.2) is 36.4 Å². The van der Waals surface area contributed by atoms with Crippen molar-refractivity contribution in [3.05, 3.63) is 64.5 Å². The number of hydrogen-bond donors (Lipinski definition) is 1. The Morgan fingerprint density at radius 3 is 2.71 bits per heavy atom. The van der Waals surface area contributed by atoms with E-state index in [4.69, 9.17) is 4.74 Å². The second kappa shape index (κ2) is 5.86. The van der Waals surface area contributed by atoms with Crippen LogP contribution in [0, 0.1) is 5.82 Å². The van der Waals surface area contributed by atoms with Gasteiger partial charge in [0, 0.05) is 6.42 Å². The molecule has 1 aliphatic carbocycles. The van der Waals surface area contributed by atoms with Gasteiger partial charge in [0.15, 0.2) is 11.6 Å². The van der Waals surface area contributed by atoms with Gasteiger partial charge < -0.3 is 9.84 Å². The van der Waals surface area contributed by atoms with Crippen LogP contribution in [0.5, 0.6) is 5.75 Å². The lowest BCUT2D eigenvalue weighted by Gasteiger charge is -2.13. The normalized spacial score (nSPS) is 14.8. The molecular formula is C18H19FO2. The molecule has 1 N–H and O–H groups in total. The van der Waals surface area contributed by atoms with Gasteiger partial charge in [0.1, 0.15) is 0 Å². The van der Waals surface area contributed by atoms with E-state index < -0.39 is 11.9 Å². The molecule has 0 spiro atoms. The number of aliphatic hydroxyl groups excluding tert-OH is 1. The Hall–Kier alpha value is -1.87. The van der Waals surface area contributed by atoms with Crippen molar-refractivity contribution < 1.29 is 14.2 Å². The first-order valence-corrected chi connectivity index (χ1v) is 7.29. The van der Waals surface area contributed by atoms with E-state index in [2.05, 4.69) is 18.2 Å². The zero-order valence-electron chi connectivity index (χ0n) is 12.1. The van der Waals surface area contributed by atoms with Crippen LogP contribution in [0.4, 0.5) is 4.39 Å². The summed E-state index contributed by atoms with van der Waals surface area (Å²) in [6.45, 7) is 0. The van der Waals surface area contributed by atoms with Gasteiger partial charge in [-0.15, -0.1) is 0 Å². The molecule has 0 aromatic heterocycles. The van der Waals surface area contributed by atoms with Crippen molar-refractivity contribution >= 4 is 0 Å². The second-order valence-electron chi connectivity index (χ2n) is 5.57. The molecule has 0 fully saturated rings. The molecule has 0 amide bonds. The van der Waals surface area contributed by atoms with Crippen LogP contribution in [0.1, 0.15) is 34.8 Å². The van der Waals surface area contributed by atoms with E-state index in [9.17, 15) is 9.50 Å². The summed E-state index contributed by atoms with van der Waals surface area (Å²) >= 11 is 0. The fourth-order valence-electron chi connectivity index (χ4n) is 2.98. The highest BCUT2D eigenvalue weighted by Gasteiger charge is 2.15. The van der Waals surface area contributed by atoms with Crippen molar-refractivity contribution in [3.8, 4) is 5.75 Å². The summed E-state index contributed by atoms with van der Waals surface area (Å²) in [5, 5.41) is 10.3. The first-order chi connectivity index (χ1) is 10.2. The Labute approximate surface area is 124 Å². The summed E-state index contributed by atoms with van der Waals surface area (Å²) < 4.78 is 18.6. The SMILES string of the molecule is COc1ccc(C(O)Cc2ccc3c(c2)CCC3)cc1F. The molecule has 1 unspecified atom stereocenters. The Morgan fingerprint density at radius 1 is 1.14 bits per heavy atom. The molecule has 110 valence electrons. The molecule has 2 aromatic carbocycles.